The Morgan fingerprint density at radius 3 is 2.58 bits per heavy atom. The first-order valence-electron chi connectivity index (χ1n) is 6.51. The van der Waals surface area contributed by atoms with Crippen molar-refractivity contribution in [3.8, 4) is 0 Å². The second-order valence-electron chi connectivity index (χ2n) is 3.74. The van der Waals surface area contributed by atoms with Crippen LogP contribution < -0.4 is 10.6 Å². The molecule has 1 unspecified atom stereocenters. The van der Waals surface area contributed by atoms with Gasteiger partial charge in [-0.05, 0) is 25.5 Å². The zero-order valence-corrected chi connectivity index (χ0v) is 12.1. The maximum absolute atomic E-state index is 11.6. The van der Waals surface area contributed by atoms with Crippen LogP contribution in [0.4, 0.5) is 5.69 Å². The highest BCUT2D eigenvalue weighted by Crippen LogP contribution is 2.10. The molecular formula is C14H23N3O2. The van der Waals surface area contributed by atoms with Crippen molar-refractivity contribution >= 4 is 17.9 Å². The zero-order valence-electron chi connectivity index (χ0n) is 12.1. The number of hydrogen-bond donors (Lipinski definition) is 2. The third-order valence-corrected chi connectivity index (χ3v) is 2.39. The minimum atomic E-state index is -0.408. The molecule has 1 aromatic rings. The summed E-state index contributed by atoms with van der Waals surface area (Å²) in [5, 5.41) is 5.63. The molecule has 1 aromatic heterocycles. The van der Waals surface area contributed by atoms with E-state index in [0.717, 1.165) is 17.7 Å². The third kappa shape index (κ3) is 6.55. The predicted octanol–water partition coefficient (Wildman–Crippen LogP) is 1.92. The number of pyridine rings is 1. The number of aryl methyl sites for hydroxylation is 1. The van der Waals surface area contributed by atoms with Crippen molar-refractivity contribution in [3.05, 3.63) is 24.0 Å². The van der Waals surface area contributed by atoms with Crippen LogP contribution >= 0.6 is 0 Å². The molecule has 0 saturated heterocycles. The van der Waals surface area contributed by atoms with Crippen LogP contribution in [-0.4, -0.2) is 30.3 Å². The largest absolute Gasteiger partial charge is 0.372 e. The maximum Gasteiger partial charge on any atom is 0.242 e. The van der Waals surface area contributed by atoms with Crippen LogP contribution in [0.5, 0.6) is 0 Å². The number of nitrogens with zero attached hydrogens (tertiary/aromatic N) is 1. The monoisotopic (exact) mass is 265 g/mol. The van der Waals surface area contributed by atoms with Gasteiger partial charge in [0.25, 0.3) is 0 Å². The van der Waals surface area contributed by atoms with Crippen molar-refractivity contribution in [2.24, 2.45) is 0 Å². The molecule has 0 aliphatic carbocycles. The molecule has 5 nitrogen and oxygen atoms in total. The summed E-state index contributed by atoms with van der Waals surface area (Å²) in [5.41, 5.74) is 1.69. The number of carbonyl (C=O) groups excluding carboxylic acids is 2. The van der Waals surface area contributed by atoms with Crippen LogP contribution in [0.2, 0.25) is 0 Å². The van der Waals surface area contributed by atoms with Gasteiger partial charge in [-0.2, -0.15) is 0 Å². The molecule has 0 bridgehead atoms. The molecule has 0 radical (unpaired) electrons. The quantitative estimate of drug-likeness (QED) is 0.771. The van der Waals surface area contributed by atoms with E-state index in [4.69, 9.17) is 0 Å². The van der Waals surface area contributed by atoms with Gasteiger partial charge in [-0.15, -0.1) is 0 Å². The molecule has 1 heterocycles. The standard InChI is InChI=1S/C12H17N3O2.C2H6/c1-9-5-6-10(8-14-9)15-11(4-3-7-16)12(17)13-2;1-2/h5-8,11,15H,3-4H2,1-2H3,(H,13,17);1-2H3. The Morgan fingerprint density at radius 2 is 2.11 bits per heavy atom. The SMILES string of the molecule is CC.CNC(=O)C(CCC=O)Nc1ccc(C)nc1. The molecule has 0 saturated carbocycles. The number of carbonyl (C=O) groups is 2. The number of aldehydes is 1. The average Bonchev–Trinajstić information content (AvgIpc) is 2.46. The van der Waals surface area contributed by atoms with E-state index in [1.165, 1.54) is 0 Å². The molecule has 106 valence electrons. The van der Waals surface area contributed by atoms with Crippen molar-refractivity contribution in [2.45, 2.75) is 39.7 Å². The van der Waals surface area contributed by atoms with Crippen molar-refractivity contribution in [3.63, 3.8) is 0 Å². The second-order valence-corrected chi connectivity index (χ2v) is 3.74. The summed E-state index contributed by atoms with van der Waals surface area (Å²) < 4.78 is 0. The first-order chi connectivity index (χ1) is 9.17. The number of aromatic nitrogens is 1. The zero-order chi connectivity index (χ0) is 14.7. The number of rotatable bonds is 6. The van der Waals surface area contributed by atoms with Crippen LogP contribution in [0.3, 0.4) is 0 Å². The van der Waals surface area contributed by atoms with Crippen LogP contribution in [0.1, 0.15) is 32.4 Å². The van der Waals surface area contributed by atoms with E-state index < -0.39 is 6.04 Å². The second kappa shape index (κ2) is 10.1. The lowest BCUT2D eigenvalue weighted by atomic mass is 10.1. The number of anilines is 1. The number of amides is 1. The van der Waals surface area contributed by atoms with E-state index in [0.29, 0.717) is 12.8 Å². The fraction of sp³-hybridized carbons (Fsp3) is 0.500. The third-order valence-electron chi connectivity index (χ3n) is 2.39. The van der Waals surface area contributed by atoms with Crippen molar-refractivity contribution in [1.29, 1.82) is 0 Å². The Bertz CT molecular complexity index is 377. The molecule has 0 aliphatic heterocycles. The van der Waals surface area contributed by atoms with Crippen molar-refractivity contribution < 1.29 is 9.59 Å². The lowest BCUT2D eigenvalue weighted by molar-refractivity contribution is -0.121. The molecule has 0 aliphatic rings. The Labute approximate surface area is 114 Å². The lowest BCUT2D eigenvalue weighted by Crippen LogP contribution is -2.37. The van der Waals surface area contributed by atoms with E-state index in [1.54, 1.807) is 13.2 Å². The van der Waals surface area contributed by atoms with Crippen LogP contribution in [-0.2, 0) is 9.59 Å². The minimum absolute atomic E-state index is 0.132. The van der Waals surface area contributed by atoms with Crippen LogP contribution in [0.15, 0.2) is 18.3 Å². The fourth-order valence-corrected chi connectivity index (χ4v) is 1.43. The molecule has 19 heavy (non-hydrogen) atoms. The van der Waals surface area contributed by atoms with Gasteiger partial charge in [-0.25, -0.2) is 0 Å². The molecule has 5 heteroatoms. The Hall–Kier alpha value is -1.91. The summed E-state index contributed by atoms with van der Waals surface area (Å²) in [7, 11) is 1.57. The van der Waals surface area contributed by atoms with Gasteiger partial charge in [-0.3, -0.25) is 9.78 Å². The Balaban J connectivity index is 0.00000154. The number of nitrogens with one attached hydrogen (secondary N) is 2. The van der Waals surface area contributed by atoms with Gasteiger partial charge in [0.1, 0.15) is 12.3 Å². The molecule has 0 fully saturated rings. The topological polar surface area (TPSA) is 71.1 Å². The highest BCUT2D eigenvalue weighted by molar-refractivity contribution is 5.84. The summed E-state index contributed by atoms with van der Waals surface area (Å²) in [6.45, 7) is 5.90. The molecule has 1 rings (SSSR count). The highest BCUT2D eigenvalue weighted by Gasteiger charge is 2.16. The molecule has 1 atom stereocenters. The highest BCUT2D eigenvalue weighted by atomic mass is 16.2. The number of likely N-dealkylation sites (N-methyl/N-ethyl adjacent to an activating group) is 1. The lowest BCUT2D eigenvalue weighted by Gasteiger charge is -2.17. The predicted molar refractivity (Wildman–Crippen MR) is 77.1 cm³/mol. The van der Waals surface area contributed by atoms with E-state index >= 15 is 0 Å². The van der Waals surface area contributed by atoms with Gasteiger partial charge < -0.3 is 15.4 Å². The van der Waals surface area contributed by atoms with Crippen LogP contribution in [0.25, 0.3) is 0 Å². The summed E-state index contributed by atoms with van der Waals surface area (Å²) in [6.07, 6.45) is 3.30. The summed E-state index contributed by atoms with van der Waals surface area (Å²) in [6, 6.07) is 3.32. The normalized spacial score (nSPS) is 10.7. The minimum Gasteiger partial charge on any atom is -0.372 e. The van der Waals surface area contributed by atoms with Gasteiger partial charge >= 0.3 is 0 Å². The first-order valence-corrected chi connectivity index (χ1v) is 6.51. The van der Waals surface area contributed by atoms with Gasteiger partial charge in [0.05, 0.1) is 11.9 Å². The molecule has 0 aromatic carbocycles. The summed E-state index contributed by atoms with van der Waals surface area (Å²) in [4.78, 5) is 26.1. The Kier molecular flexibility index (Phi) is 9.04. The number of hydrogen-bond acceptors (Lipinski definition) is 4. The van der Waals surface area contributed by atoms with E-state index in [-0.39, 0.29) is 5.91 Å². The van der Waals surface area contributed by atoms with Gasteiger partial charge in [-0.1, -0.05) is 13.8 Å². The van der Waals surface area contributed by atoms with E-state index in [1.807, 2.05) is 32.9 Å². The van der Waals surface area contributed by atoms with Crippen LogP contribution in [0, 0.1) is 6.92 Å². The van der Waals surface area contributed by atoms with Gasteiger partial charge in [0.2, 0.25) is 5.91 Å². The van der Waals surface area contributed by atoms with Gasteiger partial charge in [0, 0.05) is 19.2 Å². The molecule has 2 N–H and O–H groups in total. The molecule has 0 spiro atoms. The van der Waals surface area contributed by atoms with Crippen molar-refractivity contribution in [1.82, 2.24) is 10.3 Å². The first kappa shape index (κ1) is 17.1. The smallest absolute Gasteiger partial charge is 0.242 e. The Morgan fingerprint density at radius 1 is 1.42 bits per heavy atom. The fourth-order valence-electron chi connectivity index (χ4n) is 1.43. The van der Waals surface area contributed by atoms with E-state index in [9.17, 15) is 9.59 Å². The van der Waals surface area contributed by atoms with E-state index in [2.05, 4.69) is 15.6 Å². The summed E-state index contributed by atoms with van der Waals surface area (Å²) in [5.74, 6) is -0.132. The van der Waals surface area contributed by atoms with Crippen molar-refractivity contribution in [2.75, 3.05) is 12.4 Å². The average molecular weight is 265 g/mol. The molecule has 1 amide bonds. The summed E-state index contributed by atoms with van der Waals surface area (Å²) >= 11 is 0. The molecular weight excluding hydrogens is 242 g/mol. The maximum atomic E-state index is 11.6. The van der Waals surface area contributed by atoms with Gasteiger partial charge in [0.15, 0.2) is 0 Å².